The number of hydrogen-bond acceptors (Lipinski definition) is 3. The lowest BCUT2D eigenvalue weighted by Crippen LogP contribution is -1.97. The second-order valence-electron chi connectivity index (χ2n) is 2.17. The van der Waals surface area contributed by atoms with Crippen LogP contribution >= 0.6 is 12.2 Å². The highest BCUT2D eigenvalue weighted by Gasteiger charge is 2.17. The predicted molar refractivity (Wildman–Crippen MR) is 43.5 cm³/mol. The number of pyridine rings is 1. The summed E-state index contributed by atoms with van der Waals surface area (Å²) in [4.78, 5) is 6.11. The summed E-state index contributed by atoms with van der Waals surface area (Å²) >= 11 is 4.13. The number of thiocarbonyl (C=S) groups is 1. The molecule has 0 saturated heterocycles. The van der Waals surface area contributed by atoms with Gasteiger partial charge in [-0.2, -0.15) is 9.38 Å². The molecule has 2 nitrogen and oxygen atoms in total. The summed E-state index contributed by atoms with van der Waals surface area (Å²) in [6, 6.07) is 0. The third kappa shape index (κ3) is 1.74. The maximum Gasteiger partial charge on any atom is 0.243 e. The van der Waals surface area contributed by atoms with Gasteiger partial charge >= 0.3 is 0 Å². The summed E-state index contributed by atoms with van der Waals surface area (Å²) in [6.45, 7) is 1.15. The lowest BCUT2D eigenvalue weighted by atomic mass is 10.3. The van der Waals surface area contributed by atoms with Gasteiger partial charge in [0.2, 0.25) is 5.95 Å². The van der Waals surface area contributed by atoms with Crippen molar-refractivity contribution in [1.29, 1.82) is 0 Å². The van der Waals surface area contributed by atoms with E-state index in [4.69, 9.17) is 0 Å². The average molecular weight is 204 g/mol. The molecule has 0 spiro atoms. The fourth-order valence-electron chi connectivity index (χ4n) is 0.743. The Morgan fingerprint density at radius 1 is 1.31 bits per heavy atom. The number of aliphatic imine (C=N–C) groups is 1. The standard InChI is InChI=1S/C7H3F3N2S/c1-3-4(8)5(9)6(11-2-13)7(10)12-3/h1H3. The molecule has 0 unspecified atom stereocenters. The smallest absolute Gasteiger partial charge is 0.220 e. The Kier molecular flexibility index (Phi) is 2.75. The molecule has 0 atom stereocenters. The SMILES string of the molecule is Cc1nc(F)c(N=C=S)c(F)c1F. The normalized spacial score (nSPS) is 9.54. The Morgan fingerprint density at radius 2 is 1.92 bits per heavy atom. The fraction of sp³-hybridized carbons (Fsp3) is 0.143. The Balaban J connectivity index is 3.52. The van der Waals surface area contributed by atoms with E-state index < -0.39 is 23.3 Å². The van der Waals surface area contributed by atoms with Gasteiger partial charge in [-0.3, -0.25) is 0 Å². The first-order valence-electron chi connectivity index (χ1n) is 3.17. The van der Waals surface area contributed by atoms with Gasteiger partial charge in [0.25, 0.3) is 0 Å². The van der Waals surface area contributed by atoms with E-state index in [9.17, 15) is 13.2 Å². The van der Waals surface area contributed by atoms with Gasteiger partial charge in [0.1, 0.15) is 0 Å². The van der Waals surface area contributed by atoms with E-state index >= 15 is 0 Å². The van der Waals surface area contributed by atoms with Crippen LogP contribution in [-0.2, 0) is 0 Å². The number of nitrogens with zero attached hydrogens (tertiary/aromatic N) is 2. The van der Waals surface area contributed by atoms with Gasteiger partial charge in [0.05, 0.1) is 10.9 Å². The van der Waals surface area contributed by atoms with Crippen molar-refractivity contribution in [1.82, 2.24) is 4.98 Å². The first-order valence-corrected chi connectivity index (χ1v) is 3.57. The monoisotopic (exact) mass is 204 g/mol. The largest absolute Gasteiger partial charge is 0.243 e. The summed E-state index contributed by atoms with van der Waals surface area (Å²) in [6.07, 6.45) is 0. The van der Waals surface area contributed by atoms with Crippen LogP contribution < -0.4 is 0 Å². The topological polar surface area (TPSA) is 25.2 Å². The van der Waals surface area contributed by atoms with Crippen molar-refractivity contribution in [3.05, 3.63) is 23.3 Å². The highest BCUT2D eigenvalue weighted by Crippen LogP contribution is 2.23. The van der Waals surface area contributed by atoms with Crippen molar-refractivity contribution in [3.63, 3.8) is 0 Å². The fourth-order valence-corrected chi connectivity index (χ4v) is 0.835. The van der Waals surface area contributed by atoms with Crippen molar-refractivity contribution in [3.8, 4) is 0 Å². The van der Waals surface area contributed by atoms with E-state index in [0.29, 0.717) is 0 Å². The zero-order valence-corrected chi connectivity index (χ0v) is 7.25. The number of aromatic nitrogens is 1. The van der Waals surface area contributed by atoms with Crippen molar-refractivity contribution in [2.75, 3.05) is 0 Å². The minimum atomic E-state index is -1.40. The zero-order valence-electron chi connectivity index (χ0n) is 6.44. The Bertz CT molecular complexity index is 399. The molecular formula is C7H3F3N2S. The molecule has 1 rings (SSSR count). The van der Waals surface area contributed by atoms with Gasteiger partial charge in [-0.1, -0.05) is 0 Å². The van der Waals surface area contributed by atoms with Crippen LogP contribution in [0.2, 0.25) is 0 Å². The first-order chi connectivity index (χ1) is 6.07. The summed E-state index contributed by atoms with van der Waals surface area (Å²) in [5.41, 5.74) is -1.21. The molecule has 0 aliphatic rings. The summed E-state index contributed by atoms with van der Waals surface area (Å²) in [5.74, 6) is -3.83. The zero-order chi connectivity index (χ0) is 10.0. The molecule has 0 saturated carbocycles. The van der Waals surface area contributed by atoms with Crippen LogP contribution in [0.3, 0.4) is 0 Å². The third-order valence-corrected chi connectivity index (χ3v) is 1.43. The Morgan fingerprint density at radius 3 is 2.46 bits per heavy atom. The van der Waals surface area contributed by atoms with Crippen LogP contribution in [0, 0.1) is 24.5 Å². The van der Waals surface area contributed by atoms with E-state index in [-0.39, 0.29) is 5.69 Å². The molecule has 0 aliphatic carbocycles. The molecule has 1 heterocycles. The second-order valence-corrected chi connectivity index (χ2v) is 2.35. The number of aryl methyl sites for hydroxylation is 1. The summed E-state index contributed by atoms with van der Waals surface area (Å²) in [5, 5.41) is 1.73. The number of isothiocyanates is 1. The predicted octanol–water partition coefficient (Wildman–Crippen LogP) is 2.54. The van der Waals surface area contributed by atoms with Gasteiger partial charge < -0.3 is 0 Å². The molecule has 6 heteroatoms. The van der Waals surface area contributed by atoms with Crippen molar-refractivity contribution >= 4 is 23.1 Å². The maximum absolute atomic E-state index is 12.9. The van der Waals surface area contributed by atoms with Crippen molar-refractivity contribution < 1.29 is 13.2 Å². The highest BCUT2D eigenvalue weighted by molar-refractivity contribution is 7.78. The van der Waals surface area contributed by atoms with E-state index in [1.165, 1.54) is 0 Å². The molecule has 1 aromatic rings. The maximum atomic E-state index is 12.9. The number of halogens is 3. The summed E-state index contributed by atoms with van der Waals surface area (Å²) in [7, 11) is 0. The molecular weight excluding hydrogens is 201 g/mol. The minimum absolute atomic E-state index is 0.363. The number of rotatable bonds is 1. The molecule has 13 heavy (non-hydrogen) atoms. The van der Waals surface area contributed by atoms with Crippen LogP contribution in [0.25, 0.3) is 0 Å². The third-order valence-electron chi connectivity index (χ3n) is 1.34. The molecule has 0 bridgehead atoms. The Hall–Kier alpha value is -1.26. The summed E-state index contributed by atoms with van der Waals surface area (Å²) < 4.78 is 38.4. The van der Waals surface area contributed by atoms with Crippen molar-refractivity contribution in [2.45, 2.75) is 6.92 Å². The highest BCUT2D eigenvalue weighted by atomic mass is 32.1. The molecule has 0 radical (unpaired) electrons. The molecule has 0 aliphatic heterocycles. The van der Waals surface area contributed by atoms with Crippen LogP contribution in [-0.4, -0.2) is 10.1 Å². The van der Waals surface area contributed by atoms with E-state index in [1.807, 2.05) is 0 Å². The van der Waals surface area contributed by atoms with E-state index in [2.05, 4.69) is 22.2 Å². The molecule has 0 N–H and O–H groups in total. The van der Waals surface area contributed by atoms with E-state index in [1.54, 1.807) is 5.16 Å². The van der Waals surface area contributed by atoms with Gasteiger partial charge in [-0.15, -0.1) is 0 Å². The van der Waals surface area contributed by atoms with Crippen LogP contribution in [0.15, 0.2) is 4.99 Å². The first kappa shape index (κ1) is 9.83. The average Bonchev–Trinajstić information content (AvgIpc) is 2.09. The molecule has 1 aromatic heterocycles. The van der Waals surface area contributed by atoms with Crippen LogP contribution in [0.4, 0.5) is 18.9 Å². The molecule has 0 fully saturated rings. The van der Waals surface area contributed by atoms with Crippen LogP contribution in [0.5, 0.6) is 0 Å². The number of hydrogen-bond donors (Lipinski definition) is 0. The molecule has 0 amide bonds. The van der Waals surface area contributed by atoms with Gasteiger partial charge in [-0.25, -0.2) is 13.8 Å². The Labute approximate surface area is 77.1 Å². The second kappa shape index (κ2) is 3.64. The molecule has 68 valence electrons. The van der Waals surface area contributed by atoms with Gasteiger partial charge in [-0.05, 0) is 19.1 Å². The minimum Gasteiger partial charge on any atom is -0.220 e. The lowest BCUT2D eigenvalue weighted by Gasteiger charge is -2.00. The van der Waals surface area contributed by atoms with Gasteiger partial charge in [0.15, 0.2) is 17.3 Å². The van der Waals surface area contributed by atoms with Crippen LogP contribution in [0.1, 0.15) is 5.69 Å². The van der Waals surface area contributed by atoms with Gasteiger partial charge in [0, 0.05) is 0 Å². The van der Waals surface area contributed by atoms with E-state index in [0.717, 1.165) is 6.92 Å². The quantitative estimate of drug-likeness (QED) is 0.399. The molecule has 0 aromatic carbocycles. The lowest BCUT2D eigenvalue weighted by molar-refractivity contribution is 0.474. The van der Waals surface area contributed by atoms with Crippen molar-refractivity contribution in [2.24, 2.45) is 4.99 Å².